The summed E-state index contributed by atoms with van der Waals surface area (Å²) >= 11 is 0. The molecule has 1 aliphatic carbocycles. The SMILES string of the molecule is CC(C)=CCCC(C)(C)[C@@H]1CC=C(C)CC1. The molecule has 16 heavy (non-hydrogen) atoms. The summed E-state index contributed by atoms with van der Waals surface area (Å²) < 4.78 is 0. The Bertz CT molecular complexity index is 274. The van der Waals surface area contributed by atoms with Crippen molar-refractivity contribution in [1.29, 1.82) is 0 Å². The largest absolute Gasteiger partial charge is 0.0859 e. The summed E-state index contributed by atoms with van der Waals surface area (Å²) in [6.07, 6.45) is 11.4. The van der Waals surface area contributed by atoms with Gasteiger partial charge in [0.2, 0.25) is 0 Å². The number of hydrogen-bond donors (Lipinski definition) is 0. The maximum atomic E-state index is 2.46. The average Bonchev–Trinajstić information content (AvgIpc) is 2.17. The van der Waals surface area contributed by atoms with Gasteiger partial charge in [0.05, 0.1) is 0 Å². The second-order valence-electron chi connectivity index (χ2n) is 6.33. The third-order valence-corrected chi connectivity index (χ3v) is 4.08. The monoisotopic (exact) mass is 220 g/mol. The smallest absolute Gasteiger partial charge is 0.0314 e. The minimum atomic E-state index is 0.503. The fourth-order valence-corrected chi connectivity index (χ4v) is 2.61. The molecule has 0 aromatic carbocycles. The Hall–Kier alpha value is -0.520. The maximum Gasteiger partial charge on any atom is -0.0314 e. The van der Waals surface area contributed by atoms with Gasteiger partial charge in [0.25, 0.3) is 0 Å². The van der Waals surface area contributed by atoms with Gasteiger partial charge < -0.3 is 0 Å². The van der Waals surface area contributed by atoms with Crippen molar-refractivity contribution in [3.63, 3.8) is 0 Å². The van der Waals surface area contributed by atoms with Crippen LogP contribution in [-0.2, 0) is 0 Å². The van der Waals surface area contributed by atoms with Gasteiger partial charge in [0.1, 0.15) is 0 Å². The van der Waals surface area contributed by atoms with Gasteiger partial charge in [0, 0.05) is 0 Å². The molecule has 0 aliphatic heterocycles. The lowest BCUT2D eigenvalue weighted by molar-refractivity contribution is 0.180. The Kier molecular flexibility index (Phi) is 4.83. The molecule has 0 saturated carbocycles. The van der Waals surface area contributed by atoms with Crippen molar-refractivity contribution in [2.24, 2.45) is 11.3 Å². The van der Waals surface area contributed by atoms with Crippen molar-refractivity contribution in [2.45, 2.75) is 66.7 Å². The summed E-state index contributed by atoms with van der Waals surface area (Å²) in [5.74, 6) is 0.891. The predicted molar refractivity (Wildman–Crippen MR) is 73.5 cm³/mol. The molecule has 1 atom stereocenters. The first-order valence-corrected chi connectivity index (χ1v) is 6.71. The van der Waals surface area contributed by atoms with Gasteiger partial charge in [-0.1, -0.05) is 37.1 Å². The van der Waals surface area contributed by atoms with Crippen LogP contribution in [0.5, 0.6) is 0 Å². The van der Waals surface area contributed by atoms with E-state index >= 15 is 0 Å². The van der Waals surface area contributed by atoms with E-state index in [0.717, 1.165) is 5.92 Å². The van der Waals surface area contributed by atoms with Crippen LogP contribution in [0.1, 0.15) is 66.7 Å². The molecule has 0 radical (unpaired) electrons. The van der Waals surface area contributed by atoms with E-state index < -0.39 is 0 Å². The Morgan fingerprint density at radius 1 is 1.44 bits per heavy atom. The second kappa shape index (κ2) is 5.70. The van der Waals surface area contributed by atoms with Crippen molar-refractivity contribution in [1.82, 2.24) is 0 Å². The molecule has 0 spiro atoms. The van der Waals surface area contributed by atoms with Crippen LogP contribution in [0, 0.1) is 11.3 Å². The second-order valence-corrected chi connectivity index (χ2v) is 6.33. The van der Waals surface area contributed by atoms with Gasteiger partial charge in [-0.15, -0.1) is 0 Å². The van der Waals surface area contributed by atoms with E-state index in [0.29, 0.717) is 5.41 Å². The normalized spacial score (nSPS) is 21.6. The molecule has 0 fully saturated rings. The highest BCUT2D eigenvalue weighted by Crippen LogP contribution is 2.40. The van der Waals surface area contributed by atoms with Crippen molar-refractivity contribution in [2.75, 3.05) is 0 Å². The van der Waals surface area contributed by atoms with Crippen LogP contribution >= 0.6 is 0 Å². The highest BCUT2D eigenvalue weighted by molar-refractivity contribution is 5.05. The van der Waals surface area contributed by atoms with E-state index in [2.05, 4.69) is 46.8 Å². The maximum absolute atomic E-state index is 2.46. The minimum Gasteiger partial charge on any atom is -0.0859 e. The van der Waals surface area contributed by atoms with Crippen molar-refractivity contribution in [3.8, 4) is 0 Å². The summed E-state index contributed by atoms with van der Waals surface area (Å²) in [7, 11) is 0. The summed E-state index contributed by atoms with van der Waals surface area (Å²) in [5, 5.41) is 0. The molecule has 92 valence electrons. The first-order chi connectivity index (χ1) is 7.42. The fourth-order valence-electron chi connectivity index (χ4n) is 2.61. The van der Waals surface area contributed by atoms with Crippen LogP contribution in [0.3, 0.4) is 0 Å². The van der Waals surface area contributed by atoms with Crippen LogP contribution in [-0.4, -0.2) is 0 Å². The van der Waals surface area contributed by atoms with Gasteiger partial charge in [0.15, 0.2) is 0 Å². The van der Waals surface area contributed by atoms with Gasteiger partial charge in [-0.3, -0.25) is 0 Å². The van der Waals surface area contributed by atoms with Crippen molar-refractivity contribution in [3.05, 3.63) is 23.3 Å². The first kappa shape index (κ1) is 13.5. The fraction of sp³-hybridized carbons (Fsp3) is 0.750. The standard InChI is InChI=1S/C16H28/c1-13(2)7-6-12-16(4,5)15-10-8-14(3)9-11-15/h7-8,15H,6,9-12H2,1-5H3/t15-/m1/s1. The van der Waals surface area contributed by atoms with E-state index in [9.17, 15) is 0 Å². The highest BCUT2D eigenvalue weighted by atomic mass is 14.3. The molecule has 0 heteroatoms. The van der Waals surface area contributed by atoms with Crippen LogP contribution in [0.4, 0.5) is 0 Å². The Morgan fingerprint density at radius 2 is 2.12 bits per heavy atom. The molecular formula is C16H28. The molecule has 0 amide bonds. The van der Waals surface area contributed by atoms with Gasteiger partial charge in [-0.2, -0.15) is 0 Å². The molecule has 0 bridgehead atoms. The van der Waals surface area contributed by atoms with Gasteiger partial charge in [-0.25, -0.2) is 0 Å². The van der Waals surface area contributed by atoms with Crippen LogP contribution in [0.25, 0.3) is 0 Å². The Balaban J connectivity index is 2.47. The Labute approximate surface area is 102 Å². The van der Waals surface area contributed by atoms with Crippen LogP contribution in [0.2, 0.25) is 0 Å². The lowest BCUT2D eigenvalue weighted by Crippen LogP contribution is -2.25. The molecule has 1 rings (SSSR count). The van der Waals surface area contributed by atoms with Crippen LogP contribution in [0.15, 0.2) is 23.3 Å². The summed E-state index contributed by atoms with van der Waals surface area (Å²) in [4.78, 5) is 0. The molecule has 0 aromatic heterocycles. The number of hydrogen-bond acceptors (Lipinski definition) is 0. The molecule has 0 heterocycles. The lowest BCUT2D eigenvalue weighted by atomic mass is 9.69. The zero-order valence-electron chi connectivity index (χ0n) is 11.8. The quantitative estimate of drug-likeness (QED) is 0.548. The van der Waals surface area contributed by atoms with Gasteiger partial charge in [-0.05, 0) is 64.2 Å². The lowest BCUT2D eigenvalue weighted by Gasteiger charge is -2.36. The molecule has 0 nitrogen and oxygen atoms in total. The Morgan fingerprint density at radius 3 is 2.62 bits per heavy atom. The van der Waals surface area contributed by atoms with E-state index in [4.69, 9.17) is 0 Å². The summed E-state index contributed by atoms with van der Waals surface area (Å²) in [6, 6.07) is 0. The van der Waals surface area contributed by atoms with E-state index in [-0.39, 0.29) is 0 Å². The molecular weight excluding hydrogens is 192 g/mol. The molecule has 0 aromatic rings. The van der Waals surface area contributed by atoms with Crippen LogP contribution < -0.4 is 0 Å². The molecule has 0 N–H and O–H groups in total. The van der Waals surface area contributed by atoms with Crippen molar-refractivity contribution < 1.29 is 0 Å². The minimum absolute atomic E-state index is 0.503. The van der Waals surface area contributed by atoms with Gasteiger partial charge >= 0.3 is 0 Å². The van der Waals surface area contributed by atoms with E-state index in [1.165, 1.54) is 37.7 Å². The van der Waals surface area contributed by atoms with E-state index in [1.54, 1.807) is 5.57 Å². The molecule has 0 unspecified atom stereocenters. The first-order valence-electron chi connectivity index (χ1n) is 6.71. The zero-order chi connectivity index (χ0) is 12.2. The summed E-state index contributed by atoms with van der Waals surface area (Å²) in [5.41, 5.74) is 3.55. The van der Waals surface area contributed by atoms with E-state index in [1.807, 2.05) is 0 Å². The number of rotatable bonds is 4. The zero-order valence-corrected chi connectivity index (χ0v) is 11.8. The predicted octanol–water partition coefficient (Wildman–Crippen LogP) is 5.51. The number of allylic oxidation sites excluding steroid dienone is 4. The molecule has 0 saturated heterocycles. The third kappa shape index (κ3) is 4.15. The summed E-state index contributed by atoms with van der Waals surface area (Å²) in [6.45, 7) is 11.6. The topological polar surface area (TPSA) is 0 Å². The van der Waals surface area contributed by atoms with Crippen molar-refractivity contribution >= 4 is 0 Å². The molecule has 1 aliphatic rings. The average molecular weight is 220 g/mol. The third-order valence-electron chi connectivity index (χ3n) is 4.08. The highest BCUT2D eigenvalue weighted by Gasteiger charge is 2.29.